The van der Waals surface area contributed by atoms with E-state index in [1.165, 1.54) is 11.3 Å². The summed E-state index contributed by atoms with van der Waals surface area (Å²) in [4.78, 5) is 4.55. The second-order valence-electron chi connectivity index (χ2n) is 4.15. The van der Waals surface area contributed by atoms with Gasteiger partial charge in [0.05, 0.1) is 10.7 Å². The Bertz CT molecular complexity index is 726. The quantitative estimate of drug-likeness (QED) is 0.653. The second-order valence-corrected chi connectivity index (χ2v) is 5.85. The minimum absolute atomic E-state index is 0.606. The van der Waals surface area contributed by atoms with Gasteiger partial charge in [0.15, 0.2) is 5.13 Å². The molecule has 0 aliphatic heterocycles. The predicted octanol–water partition coefficient (Wildman–Crippen LogP) is 5.86. The summed E-state index contributed by atoms with van der Waals surface area (Å²) in [6, 6.07) is 15.3. The van der Waals surface area contributed by atoms with Gasteiger partial charge in [0.25, 0.3) is 0 Å². The highest BCUT2D eigenvalue weighted by Crippen LogP contribution is 2.33. The van der Waals surface area contributed by atoms with E-state index in [9.17, 15) is 0 Å². The van der Waals surface area contributed by atoms with E-state index in [1.807, 2.05) is 47.8 Å². The third-order valence-electron chi connectivity index (χ3n) is 2.74. The van der Waals surface area contributed by atoms with Gasteiger partial charge in [-0.3, -0.25) is 0 Å². The van der Waals surface area contributed by atoms with Crippen LogP contribution in [0.25, 0.3) is 11.3 Å². The van der Waals surface area contributed by atoms with Crippen molar-refractivity contribution in [1.82, 2.24) is 4.98 Å². The van der Waals surface area contributed by atoms with Crippen LogP contribution in [0, 0.1) is 0 Å². The average molecular weight is 321 g/mol. The number of thiazole rings is 1. The molecule has 3 rings (SSSR count). The van der Waals surface area contributed by atoms with Gasteiger partial charge in [0, 0.05) is 21.7 Å². The zero-order valence-corrected chi connectivity index (χ0v) is 12.6. The normalized spacial score (nSPS) is 10.5. The van der Waals surface area contributed by atoms with Crippen LogP contribution in [0.5, 0.6) is 0 Å². The van der Waals surface area contributed by atoms with E-state index in [0.29, 0.717) is 10.0 Å². The van der Waals surface area contributed by atoms with Crippen LogP contribution in [0.4, 0.5) is 10.8 Å². The molecule has 100 valence electrons. The van der Waals surface area contributed by atoms with Crippen molar-refractivity contribution >= 4 is 45.4 Å². The third-order valence-corrected chi connectivity index (χ3v) is 4.04. The molecular formula is C15H10Cl2N2S. The maximum atomic E-state index is 6.19. The summed E-state index contributed by atoms with van der Waals surface area (Å²) in [6.45, 7) is 0. The molecule has 0 atom stereocenters. The van der Waals surface area contributed by atoms with E-state index in [0.717, 1.165) is 22.1 Å². The molecule has 0 spiro atoms. The molecule has 2 aromatic carbocycles. The van der Waals surface area contributed by atoms with Crippen LogP contribution >= 0.6 is 34.5 Å². The minimum Gasteiger partial charge on any atom is -0.332 e. The number of nitrogens with one attached hydrogen (secondary N) is 1. The highest BCUT2D eigenvalue weighted by atomic mass is 35.5. The second kappa shape index (κ2) is 5.83. The van der Waals surface area contributed by atoms with Gasteiger partial charge in [0.2, 0.25) is 0 Å². The zero-order valence-electron chi connectivity index (χ0n) is 10.3. The number of benzene rings is 2. The summed E-state index contributed by atoms with van der Waals surface area (Å²) < 4.78 is 0. The molecule has 2 nitrogen and oxygen atoms in total. The largest absolute Gasteiger partial charge is 0.332 e. The molecule has 1 aromatic heterocycles. The number of rotatable bonds is 3. The van der Waals surface area contributed by atoms with Crippen LogP contribution in [0.2, 0.25) is 10.0 Å². The molecule has 0 amide bonds. The van der Waals surface area contributed by atoms with Crippen molar-refractivity contribution in [3.8, 4) is 11.3 Å². The lowest BCUT2D eigenvalue weighted by molar-refractivity contribution is 1.38. The molecular weight excluding hydrogens is 311 g/mol. The van der Waals surface area contributed by atoms with Crippen molar-refractivity contribution in [2.24, 2.45) is 0 Å². The maximum Gasteiger partial charge on any atom is 0.187 e. The maximum absolute atomic E-state index is 6.19. The molecule has 0 aliphatic carbocycles. The van der Waals surface area contributed by atoms with E-state index in [1.54, 1.807) is 6.07 Å². The number of para-hydroxylation sites is 1. The Balaban J connectivity index is 1.87. The Kier molecular flexibility index (Phi) is 3.92. The van der Waals surface area contributed by atoms with E-state index >= 15 is 0 Å². The van der Waals surface area contributed by atoms with Crippen molar-refractivity contribution in [3.63, 3.8) is 0 Å². The first-order valence-corrected chi connectivity index (χ1v) is 7.59. The van der Waals surface area contributed by atoms with Crippen LogP contribution in [0.1, 0.15) is 0 Å². The summed E-state index contributed by atoms with van der Waals surface area (Å²) in [5.74, 6) is 0. The van der Waals surface area contributed by atoms with Gasteiger partial charge in [-0.15, -0.1) is 11.3 Å². The zero-order chi connectivity index (χ0) is 13.9. The summed E-state index contributed by atoms with van der Waals surface area (Å²) in [6.07, 6.45) is 0. The predicted molar refractivity (Wildman–Crippen MR) is 87.3 cm³/mol. The first kappa shape index (κ1) is 13.4. The van der Waals surface area contributed by atoms with E-state index in [4.69, 9.17) is 23.2 Å². The molecule has 0 bridgehead atoms. The number of aromatic nitrogens is 1. The van der Waals surface area contributed by atoms with E-state index in [-0.39, 0.29) is 0 Å². The molecule has 1 heterocycles. The van der Waals surface area contributed by atoms with E-state index < -0.39 is 0 Å². The molecule has 5 heteroatoms. The molecule has 0 fully saturated rings. The van der Waals surface area contributed by atoms with Crippen LogP contribution in [-0.2, 0) is 0 Å². The van der Waals surface area contributed by atoms with Gasteiger partial charge in [-0.2, -0.15) is 0 Å². The number of nitrogens with zero attached hydrogens (tertiary/aromatic N) is 1. The standard InChI is InChI=1S/C15H10Cl2N2S/c16-10-6-7-12(13(17)8-10)14-9-20-15(19-14)18-11-4-2-1-3-5-11/h1-9H,(H,18,19). The van der Waals surface area contributed by atoms with Gasteiger partial charge < -0.3 is 5.32 Å². The summed E-state index contributed by atoms with van der Waals surface area (Å²) in [7, 11) is 0. The van der Waals surface area contributed by atoms with Gasteiger partial charge in [0.1, 0.15) is 0 Å². The summed E-state index contributed by atoms with van der Waals surface area (Å²) in [5.41, 5.74) is 2.74. The molecule has 20 heavy (non-hydrogen) atoms. The topological polar surface area (TPSA) is 24.9 Å². The molecule has 1 N–H and O–H groups in total. The fraction of sp³-hybridized carbons (Fsp3) is 0. The number of anilines is 2. The van der Waals surface area contributed by atoms with E-state index in [2.05, 4.69) is 10.3 Å². The molecule has 3 aromatic rings. The molecule has 0 unspecified atom stereocenters. The number of hydrogen-bond acceptors (Lipinski definition) is 3. The highest BCUT2D eigenvalue weighted by molar-refractivity contribution is 7.14. The lowest BCUT2D eigenvalue weighted by atomic mass is 10.2. The van der Waals surface area contributed by atoms with Crippen molar-refractivity contribution in [1.29, 1.82) is 0 Å². The summed E-state index contributed by atoms with van der Waals surface area (Å²) in [5, 5.41) is 7.29. The molecule has 0 saturated heterocycles. The van der Waals surface area contributed by atoms with Gasteiger partial charge in [-0.1, -0.05) is 41.4 Å². The molecule has 0 radical (unpaired) electrons. The SMILES string of the molecule is Clc1ccc(-c2csc(Nc3ccccc3)n2)c(Cl)c1. The van der Waals surface area contributed by atoms with Gasteiger partial charge in [-0.25, -0.2) is 4.98 Å². The Labute approximate surface area is 131 Å². The average Bonchev–Trinajstić information content (AvgIpc) is 2.88. The van der Waals surface area contributed by atoms with Crippen LogP contribution in [0.3, 0.4) is 0 Å². The third kappa shape index (κ3) is 2.96. The van der Waals surface area contributed by atoms with Crippen LogP contribution < -0.4 is 5.32 Å². The lowest BCUT2D eigenvalue weighted by Gasteiger charge is -2.02. The Morgan fingerprint density at radius 3 is 2.55 bits per heavy atom. The molecule has 0 aliphatic rings. The van der Waals surface area contributed by atoms with Gasteiger partial charge in [-0.05, 0) is 30.3 Å². The van der Waals surface area contributed by atoms with Crippen molar-refractivity contribution < 1.29 is 0 Å². The fourth-order valence-electron chi connectivity index (χ4n) is 1.80. The smallest absolute Gasteiger partial charge is 0.187 e. The Morgan fingerprint density at radius 1 is 1.00 bits per heavy atom. The Hall–Kier alpha value is -1.55. The Morgan fingerprint density at radius 2 is 1.80 bits per heavy atom. The van der Waals surface area contributed by atoms with Crippen LogP contribution in [0.15, 0.2) is 53.9 Å². The summed E-state index contributed by atoms with van der Waals surface area (Å²) >= 11 is 13.6. The van der Waals surface area contributed by atoms with Crippen molar-refractivity contribution in [2.45, 2.75) is 0 Å². The minimum atomic E-state index is 0.606. The monoisotopic (exact) mass is 320 g/mol. The van der Waals surface area contributed by atoms with Crippen molar-refractivity contribution in [2.75, 3.05) is 5.32 Å². The van der Waals surface area contributed by atoms with Gasteiger partial charge >= 0.3 is 0 Å². The van der Waals surface area contributed by atoms with Crippen LogP contribution in [-0.4, -0.2) is 4.98 Å². The highest BCUT2D eigenvalue weighted by Gasteiger charge is 2.08. The fourth-order valence-corrected chi connectivity index (χ4v) is 3.03. The molecule has 0 saturated carbocycles. The number of halogens is 2. The first-order valence-electron chi connectivity index (χ1n) is 5.95. The lowest BCUT2D eigenvalue weighted by Crippen LogP contribution is -1.88. The van der Waals surface area contributed by atoms with Crippen molar-refractivity contribution in [3.05, 3.63) is 64.0 Å². The number of hydrogen-bond donors (Lipinski definition) is 1. The first-order chi connectivity index (χ1) is 9.72.